The fourth-order valence-corrected chi connectivity index (χ4v) is 2.96. The summed E-state index contributed by atoms with van der Waals surface area (Å²) in [7, 11) is 0. The SMILES string of the molecule is C=C1/C=C/[C@@H]([C@@H](C)CC(=O)CC(C)C)CC/C(C)=C/CC1. The Hall–Kier alpha value is -1.11. The standard InChI is InChI=1S/C20H32O/c1-15(2)13-20(21)14-18(5)19-11-9-16(3)7-6-8-17(4)10-12-19/h8-9,11,15,18-19H,3,6-7,10,12-14H2,1-2,4-5H3/b11-9+,17-8+/t18-,19+/m0/s1. The molecule has 1 aliphatic carbocycles. The van der Waals surface area contributed by atoms with Crippen LogP contribution < -0.4 is 0 Å². The van der Waals surface area contributed by atoms with E-state index in [9.17, 15) is 4.79 Å². The normalized spacial score (nSPS) is 26.0. The summed E-state index contributed by atoms with van der Waals surface area (Å²) in [6.07, 6.45) is 12.7. The Morgan fingerprint density at radius 2 is 2.00 bits per heavy atom. The molecule has 118 valence electrons. The molecular formula is C20H32O. The summed E-state index contributed by atoms with van der Waals surface area (Å²) in [4.78, 5) is 12.1. The molecule has 0 aromatic rings. The molecule has 0 heterocycles. The molecule has 0 aromatic carbocycles. The summed E-state index contributed by atoms with van der Waals surface area (Å²) in [5.41, 5.74) is 2.68. The fraction of sp³-hybridized carbons (Fsp3) is 0.650. The summed E-state index contributed by atoms with van der Waals surface area (Å²) < 4.78 is 0. The van der Waals surface area contributed by atoms with Crippen LogP contribution in [0.5, 0.6) is 0 Å². The first-order valence-corrected chi connectivity index (χ1v) is 8.41. The van der Waals surface area contributed by atoms with Crippen LogP contribution in [0.25, 0.3) is 0 Å². The highest BCUT2D eigenvalue weighted by Gasteiger charge is 2.19. The minimum Gasteiger partial charge on any atom is -0.300 e. The second-order valence-electron chi connectivity index (χ2n) is 7.13. The van der Waals surface area contributed by atoms with Crippen molar-refractivity contribution >= 4 is 5.78 Å². The minimum absolute atomic E-state index is 0.411. The molecule has 1 rings (SSSR count). The van der Waals surface area contributed by atoms with Crippen LogP contribution in [0.2, 0.25) is 0 Å². The molecule has 0 radical (unpaired) electrons. The minimum atomic E-state index is 0.411. The molecule has 0 bridgehead atoms. The second-order valence-corrected chi connectivity index (χ2v) is 7.13. The van der Waals surface area contributed by atoms with Crippen molar-refractivity contribution < 1.29 is 4.79 Å². The van der Waals surface area contributed by atoms with Gasteiger partial charge in [-0.2, -0.15) is 0 Å². The van der Waals surface area contributed by atoms with E-state index in [1.54, 1.807) is 0 Å². The zero-order chi connectivity index (χ0) is 15.8. The molecular weight excluding hydrogens is 256 g/mol. The Bertz CT molecular complexity index is 412. The van der Waals surface area contributed by atoms with Gasteiger partial charge < -0.3 is 0 Å². The summed E-state index contributed by atoms with van der Waals surface area (Å²) in [5.74, 6) is 1.79. The van der Waals surface area contributed by atoms with Crippen molar-refractivity contribution in [2.75, 3.05) is 0 Å². The third-order valence-electron chi connectivity index (χ3n) is 4.33. The molecule has 0 spiro atoms. The number of allylic oxidation sites excluding steroid dienone is 5. The second kappa shape index (κ2) is 9.02. The van der Waals surface area contributed by atoms with Gasteiger partial charge in [-0.05, 0) is 50.4 Å². The van der Waals surface area contributed by atoms with E-state index in [4.69, 9.17) is 0 Å². The summed E-state index contributed by atoms with van der Waals surface area (Å²) in [5, 5.41) is 0. The van der Waals surface area contributed by atoms with Gasteiger partial charge in [0.15, 0.2) is 0 Å². The van der Waals surface area contributed by atoms with Crippen molar-refractivity contribution in [3.05, 3.63) is 36.0 Å². The van der Waals surface area contributed by atoms with Gasteiger partial charge in [-0.15, -0.1) is 0 Å². The monoisotopic (exact) mass is 288 g/mol. The van der Waals surface area contributed by atoms with E-state index in [1.807, 2.05) is 0 Å². The van der Waals surface area contributed by atoms with E-state index >= 15 is 0 Å². The van der Waals surface area contributed by atoms with Gasteiger partial charge in [0.25, 0.3) is 0 Å². The number of carbonyl (C=O) groups is 1. The zero-order valence-electron chi connectivity index (χ0n) is 14.3. The highest BCUT2D eigenvalue weighted by Crippen LogP contribution is 2.27. The lowest BCUT2D eigenvalue weighted by molar-refractivity contribution is -0.120. The van der Waals surface area contributed by atoms with Crippen LogP contribution >= 0.6 is 0 Å². The molecule has 0 aromatic heterocycles. The Labute approximate surface area is 131 Å². The first-order chi connectivity index (χ1) is 9.88. The summed E-state index contributed by atoms with van der Waals surface area (Å²) >= 11 is 0. The van der Waals surface area contributed by atoms with Crippen LogP contribution in [-0.4, -0.2) is 5.78 Å². The third kappa shape index (κ3) is 7.45. The molecule has 0 amide bonds. The summed E-state index contributed by atoms with van der Waals surface area (Å²) in [6.45, 7) is 12.8. The van der Waals surface area contributed by atoms with Crippen LogP contribution in [0.4, 0.5) is 0 Å². The van der Waals surface area contributed by atoms with Gasteiger partial charge in [0.2, 0.25) is 0 Å². The number of carbonyl (C=O) groups excluding carboxylic acids is 1. The molecule has 1 aliphatic rings. The van der Waals surface area contributed by atoms with Gasteiger partial charge in [-0.1, -0.05) is 56.7 Å². The molecule has 0 unspecified atom stereocenters. The van der Waals surface area contributed by atoms with E-state index in [0.717, 1.165) is 25.7 Å². The first kappa shape index (κ1) is 17.9. The molecule has 0 saturated heterocycles. The Morgan fingerprint density at radius 3 is 2.67 bits per heavy atom. The number of rotatable bonds is 5. The Balaban J connectivity index is 2.67. The van der Waals surface area contributed by atoms with Crippen LogP contribution in [0, 0.1) is 17.8 Å². The molecule has 2 atom stereocenters. The Kier molecular flexibility index (Phi) is 7.71. The number of hydrogen-bond donors (Lipinski definition) is 0. The van der Waals surface area contributed by atoms with Crippen molar-refractivity contribution in [1.82, 2.24) is 0 Å². The van der Waals surface area contributed by atoms with Crippen molar-refractivity contribution in [1.29, 1.82) is 0 Å². The molecule has 0 fully saturated rings. The van der Waals surface area contributed by atoms with E-state index in [0.29, 0.717) is 36.4 Å². The van der Waals surface area contributed by atoms with E-state index in [-0.39, 0.29) is 0 Å². The van der Waals surface area contributed by atoms with Crippen molar-refractivity contribution in [2.45, 2.75) is 66.2 Å². The number of hydrogen-bond acceptors (Lipinski definition) is 1. The number of Topliss-reactive ketones (excluding diaryl/α,β-unsaturated/α-hetero) is 1. The van der Waals surface area contributed by atoms with Crippen molar-refractivity contribution in [2.24, 2.45) is 17.8 Å². The van der Waals surface area contributed by atoms with Gasteiger partial charge in [0.05, 0.1) is 0 Å². The smallest absolute Gasteiger partial charge is 0.133 e. The van der Waals surface area contributed by atoms with Gasteiger partial charge in [0, 0.05) is 12.8 Å². The van der Waals surface area contributed by atoms with Gasteiger partial charge in [-0.25, -0.2) is 0 Å². The largest absolute Gasteiger partial charge is 0.300 e. The van der Waals surface area contributed by atoms with Gasteiger partial charge >= 0.3 is 0 Å². The maximum atomic E-state index is 12.1. The van der Waals surface area contributed by atoms with E-state index in [2.05, 4.69) is 52.5 Å². The fourth-order valence-electron chi connectivity index (χ4n) is 2.96. The van der Waals surface area contributed by atoms with Crippen LogP contribution in [0.15, 0.2) is 36.0 Å². The molecule has 0 aliphatic heterocycles. The summed E-state index contributed by atoms with van der Waals surface area (Å²) in [6, 6.07) is 0. The molecule has 21 heavy (non-hydrogen) atoms. The van der Waals surface area contributed by atoms with Crippen LogP contribution in [0.3, 0.4) is 0 Å². The number of ketones is 1. The highest BCUT2D eigenvalue weighted by molar-refractivity contribution is 5.78. The topological polar surface area (TPSA) is 17.1 Å². The van der Waals surface area contributed by atoms with Crippen LogP contribution in [0.1, 0.15) is 66.2 Å². The van der Waals surface area contributed by atoms with Crippen molar-refractivity contribution in [3.8, 4) is 0 Å². The third-order valence-corrected chi connectivity index (χ3v) is 4.33. The lowest BCUT2D eigenvalue weighted by Crippen LogP contribution is -2.16. The first-order valence-electron chi connectivity index (χ1n) is 8.41. The quantitative estimate of drug-likeness (QED) is 0.578. The predicted molar refractivity (Wildman–Crippen MR) is 92.2 cm³/mol. The average molecular weight is 288 g/mol. The molecule has 1 heteroatoms. The van der Waals surface area contributed by atoms with Gasteiger partial charge in [-0.3, -0.25) is 4.79 Å². The zero-order valence-corrected chi connectivity index (χ0v) is 14.3. The lowest BCUT2D eigenvalue weighted by Gasteiger charge is -2.22. The van der Waals surface area contributed by atoms with Crippen molar-refractivity contribution in [3.63, 3.8) is 0 Å². The lowest BCUT2D eigenvalue weighted by atomic mass is 9.83. The maximum Gasteiger partial charge on any atom is 0.133 e. The van der Waals surface area contributed by atoms with E-state index < -0.39 is 0 Å². The molecule has 0 N–H and O–H groups in total. The van der Waals surface area contributed by atoms with E-state index in [1.165, 1.54) is 11.1 Å². The Morgan fingerprint density at radius 1 is 1.29 bits per heavy atom. The highest BCUT2D eigenvalue weighted by atomic mass is 16.1. The maximum absolute atomic E-state index is 12.1. The predicted octanol–water partition coefficient (Wildman–Crippen LogP) is 5.88. The average Bonchev–Trinajstić information content (AvgIpc) is 2.37. The van der Waals surface area contributed by atoms with Crippen LogP contribution in [-0.2, 0) is 4.79 Å². The molecule has 0 saturated carbocycles. The molecule has 1 nitrogen and oxygen atoms in total. The van der Waals surface area contributed by atoms with Gasteiger partial charge in [0.1, 0.15) is 5.78 Å².